The molecule has 0 radical (unpaired) electrons. The van der Waals surface area contributed by atoms with Crippen LogP contribution in [0.2, 0.25) is 0 Å². The molecule has 4 nitrogen and oxygen atoms in total. The zero-order valence-electron chi connectivity index (χ0n) is 10.3. The number of hydrogen-bond donors (Lipinski definition) is 1. The van der Waals surface area contributed by atoms with Crippen LogP contribution in [0.4, 0.5) is 10.1 Å². The van der Waals surface area contributed by atoms with Gasteiger partial charge in [-0.25, -0.2) is 12.8 Å². The zero-order chi connectivity index (χ0) is 13.3. The van der Waals surface area contributed by atoms with Gasteiger partial charge in [-0.2, -0.15) is 4.31 Å². The molecular formula is C12H17FN2O2S. The average Bonchev–Trinajstić information content (AvgIpc) is 3.08. The quantitative estimate of drug-likeness (QED) is 0.833. The molecule has 0 aromatic heterocycles. The van der Waals surface area contributed by atoms with Gasteiger partial charge in [-0.3, -0.25) is 0 Å². The summed E-state index contributed by atoms with van der Waals surface area (Å²) in [4.78, 5) is 0.00394. The van der Waals surface area contributed by atoms with Crippen molar-refractivity contribution >= 4 is 15.7 Å². The van der Waals surface area contributed by atoms with Crippen molar-refractivity contribution < 1.29 is 12.8 Å². The van der Waals surface area contributed by atoms with E-state index in [1.165, 1.54) is 10.4 Å². The third-order valence-corrected chi connectivity index (χ3v) is 4.98. The second kappa shape index (κ2) is 4.85. The Morgan fingerprint density at radius 2 is 2.11 bits per heavy atom. The highest BCUT2D eigenvalue weighted by Crippen LogP contribution is 2.33. The van der Waals surface area contributed by atoms with Crippen LogP contribution >= 0.6 is 0 Å². The number of hydrogen-bond acceptors (Lipinski definition) is 3. The van der Waals surface area contributed by atoms with Gasteiger partial charge in [0.1, 0.15) is 10.7 Å². The maximum atomic E-state index is 13.0. The first-order valence-electron chi connectivity index (χ1n) is 6.03. The molecule has 0 bridgehead atoms. The second-order valence-electron chi connectivity index (χ2n) is 4.53. The van der Waals surface area contributed by atoms with Crippen LogP contribution in [-0.4, -0.2) is 25.3 Å². The van der Waals surface area contributed by atoms with Crippen LogP contribution in [0.5, 0.6) is 0 Å². The van der Waals surface area contributed by atoms with E-state index in [4.69, 9.17) is 5.73 Å². The lowest BCUT2D eigenvalue weighted by Crippen LogP contribution is -2.34. The van der Waals surface area contributed by atoms with Crippen LogP contribution in [-0.2, 0) is 10.0 Å². The number of nitrogens with two attached hydrogens (primary N) is 1. The first-order chi connectivity index (χ1) is 8.46. The Hall–Kier alpha value is -1.14. The molecule has 1 aromatic rings. The van der Waals surface area contributed by atoms with Crippen LogP contribution in [0.15, 0.2) is 23.1 Å². The second-order valence-corrected chi connectivity index (χ2v) is 6.39. The van der Waals surface area contributed by atoms with E-state index >= 15 is 0 Å². The van der Waals surface area contributed by atoms with Crippen molar-refractivity contribution in [2.45, 2.75) is 37.1 Å². The lowest BCUT2D eigenvalue weighted by molar-refractivity contribution is 0.403. The molecule has 0 atom stereocenters. The van der Waals surface area contributed by atoms with Gasteiger partial charge in [0.25, 0.3) is 0 Å². The van der Waals surface area contributed by atoms with Gasteiger partial charge in [0.05, 0.1) is 5.69 Å². The number of rotatable bonds is 5. The zero-order valence-corrected chi connectivity index (χ0v) is 11.1. The van der Waals surface area contributed by atoms with Crippen LogP contribution in [0.3, 0.4) is 0 Å². The minimum Gasteiger partial charge on any atom is -0.398 e. The van der Waals surface area contributed by atoms with E-state index in [2.05, 4.69) is 0 Å². The molecular weight excluding hydrogens is 255 g/mol. The summed E-state index contributed by atoms with van der Waals surface area (Å²) in [5.41, 5.74) is 5.59. The molecule has 1 fully saturated rings. The van der Waals surface area contributed by atoms with Gasteiger partial charge >= 0.3 is 0 Å². The summed E-state index contributed by atoms with van der Waals surface area (Å²) >= 11 is 0. The lowest BCUT2D eigenvalue weighted by Gasteiger charge is -2.22. The molecule has 1 aromatic carbocycles. The Bertz CT molecular complexity index is 541. The molecule has 1 aliphatic carbocycles. The van der Waals surface area contributed by atoms with Crippen molar-refractivity contribution in [1.82, 2.24) is 4.31 Å². The number of nitrogens with zero attached hydrogens (tertiary/aromatic N) is 1. The van der Waals surface area contributed by atoms with Gasteiger partial charge in [-0.1, -0.05) is 6.92 Å². The summed E-state index contributed by atoms with van der Waals surface area (Å²) in [7, 11) is -3.61. The minimum absolute atomic E-state index is 0.00394. The van der Waals surface area contributed by atoms with E-state index in [1.807, 2.05) is 6.92 Å². The molecule has 0 saturated heterocycles. The van der Waals surface area contributed by atoms with E-state index in [1.54, 1.807) is 0 Å². The molecule has 1 aliphatic rings. The predicted molar refractivity (Wildman–Crippen MR) is 68.0 cm³/mol. The molecule has 2 N–H and O–H groups in total. The number of sulfonamides is 1. The molecule has 1 saturated carbocycles. The molecule has 100 valence electrons. The van der Waals surface area contributed by atoms with E-state index < -0.39 is 15.8 Å². The third-order valence-electron chi connectivity index (χ3n) is 2.96. The summed E-state index contributed by atoms with van der Waals surface area (Å²) in [6, 6.07) is 3.49. The standard InChI is InChI=1S/C12H17FN2O2S/c1-2-7-15(10-4-5-10)18(16,17)12-6-3-9(13)8-11(12)14/h3,6,8,10H,2,4-5,7,14H2,1H3. The Kier molecular flexibility index (Phi) is 3.59. The van der Waals surface area contributed by atoms with Gasteiger partial charge in [0.15, 0.2) is 0 Å². The van der Waals surface area contributed by atoms with E-state index in [-0.39, 0.29) is 16.6 Å². The van der Waals surface area contributed by atoms with Crippen LogP contribution in [0.25, 0.3) is 0 Å². The minimum atomic E-state index is -3.61. The molecule has 0 heterocycles. The molecule has 0 amide bonds. The highest BCUT2D eigenvalue weighted by atomic mass is 32.2. The Balaban J connectivity index is 2.39. The monoisotopic (exact) mass is 272 g/mol. The van der Waals surface area contributed by atoms with Crippen LogP contribution in [0.1, 0.15) is 26.2 Å². The number of anilines is 1. The van der Waals surface area contributed by atoms with E-state index in [9.17, 15) is 12.8 Å². The van der Waals surface area contributed by atoms with Gasteiger partial charge in [0.2, 0.25) is 10.0 Å². The van der Waals surface area contributed by atoms with Crippen molar-refractivity contribution in [3.63, 3.8) is 0 Å². The van der Waals surface area contributed by atoms with Crippen molar-refractivity contribution in [3.8, 4) is 0 Å². The van der Waals surface area contributed by atoms with Gasteiger partial charge in [-0.15, -0.1) is 0 Å². The Morgan fingerprint density at radius 3 is 2.61 bits per heavy atom. The van der Waals surface area contributed by atoms with Gasteiger partial charge < -0.3 is 5.73 Å². The molecule has 2 rings (SSSR count). The molecule has 0 aliphatic heterocycles. The largest absolute Gasteiger partial charge is 0.398 e. The Labute approximate surface area is 107 Å². The van der Waals surface area contributed by atoms with E-state index in [0.717, 1.165) is 31.4 Å². The summed E-state index contributed by atoms with van der Waals surface area (Å²) in [6.07, 6.45) is 2.53. The number of benzene rings is 1. The fraction of sp³-hybridized carbons (Fsp3) is 0.500. The van der Waals surface area contributed by atoms with E-state index in [0.29, 0.717) is 6.54 Å². The van der Waals surface area contributed by atoms with Gasteiger partial charge in [-0.05, 0) is 37.5 Å². The fourth-order valence-corrected chi connectivity index (χ4v) is 3.84. The summed E-state index contributed by atoms with van der Waals surface area (Å²) < 4.78 is 39.4. The van der Waals surface area contributed by atoms with Crippen molar-refractivity contribution in [3.05, 3.63) is 24.0 Å². The average molecular weight is 272 g/mol. The third kappa shape index (κ3) is 2.49. The SMILES string of the molecule is CCCN(C1CC1)S(=O)(=O)c1ccc(F)cc1N. The summed E-state index contributed by atoms with van der Waals surface area (Å²) in [6.45, 7) is 2.41. The number of halogens is 1. The van der Waals surface area contributed by atoms with Crippen molar-refractivity contribution in [1.29, 1.82) is 0 Å². The van der Waals surface area contributed by atoms with Crippen molar-refractivity contribution in [2.75, 3.05) is 12.3 Å². The first kappa shape index (κ1) is 13.3. The molecule has 6 heteroatoms. The van der Waals surface area contributed by atoms with Crippen molar-refractivity contribution in [2.24, 2.45) is 0 Å². The molecule has 0 unspecified atom stereocenters. The van der Waals surface area contributed by atoms with Gasteiger partial charge in [0, 0.05) is 12.6 Å². The lowest BCUT2D eigenvalue weighted by atomic mass is 10.3. The molecule has 18 heavy (non-hydrogen) atoms. The van der Waals surface area contributed by atoms with Crippen LogP contribution < -0.4 is 5.73 Å². The predicted octanol–water partition coefficient (Wildman–Crippen LogP) is 1.97. The maximum Gasteiger partial charge on any atom is 0.245 e. The molecule has 0 spiro atoms. The smallest absolute Gasteiger partial charge is 0.245 e. The van der Waals surface area contributed by atoms with Crippen LogP contribution in [0, 0.1) is 5.82 Å². The Morgan fingerprint density at radius 1 is 1.44 bits per heavy atom. The fourth-order valence-electron chi connectivity index (χ4n) is 1.96. The maximum absolute atomic E-state index is 13.0. The highest BCUT2D eigenvalue weighted by Gasteiger charge is 2.38. The summed E-state index contributed by atoms with van der Waals surface area (Å²) in [5.74, 6) is -0.528. The topological polar surface area (TPSA) is 63.4 Å². The normalized spacial score (nSPS) is 16.2. The number of nitrogen functional groups attached to an aromatic ring is 1. The highest BCUT2D eigenvalue weighted by molar-refractivity contribution is 7.89. The summed E-state index contributed by atoms with van der Waals surface area (Å²) in [5, 5.41) is 0. The first-order valence-corrected chi connectivity index (χ1v) is 7.47.